The second kappa shape index (κ2) is 24.7. The van der Waals surface area contributed by atoms with Crippen LogP contribution in [0.25, 0.3) is 10.2 Å². The van der Waals surface area contributed by atoms with Gasteiger partial charge in [-0.25, -0.2) is 9.59 Å². The van der Waals surface area contributed by atoms with Gasteiger partial charge in [-0.05, 0) is 54.1 Å². The van der Waals surface area contributed by atoms with Gasteiger partial charge in [0.15, 0.2) is 0 Å². The van der Waals surface area contributed by atoms with Gasteiger partial charge in [-0.1, -0.05) is 102 Å². The number of hydrogen-bond donors (Lipinski definition) is 7. The van der Waals surface area contributed by atoms with Gasteiger partial charge in [0, 0.05) is 52.7 Å². The molecule has 2 heterocycles. The number of hydrogen-bond acceptors (Lipinski definition) is 9. The lowest BCUT2D eigenvalue weighted by atomic mass is 9.91. The molecule has 0 unspecified atom stereocenters. The number of carboxylic acid groups (broad SMARTS) is 2. The van der Waals surface area contributed by atoms with Crippen molar-refractivity contribution in [3.05, 3.63) is 135 Å². The Balaban J connectivity index is 0.000000495. The summed E-state index contributed by atoms with van der Waals surface area (Å²) in [4.78, 5) is 31.9. The minimum absolute atomic E-state index is 0. The number of nitrogens with one attached hydrogen (secondary N) is 3. The molecule has 1 aliphatic heterocycles. The van der Waals surface area contributed by atoms with Gasteiger partial charge in [-0.15, -0.1) is 0 Å². The van der Waals surface area contributed by atoms with Crippen molar-refractivity contribution in [2.45, 2.75) is 50.2 Å². The maximum absolute atomic E-state index is 11.7. The number of carboxylic acids is 2. The maximum atomic E-state index is 11.7. The van der Waals surface area contributed by atoms with Crippen molar-refractivity contribution in [3.8, 4) is 5.75 Å². The first-order valence-corrected chi connectivity index (χ1v) is 18.6. The quantitative estimate of drug-likeness (QED) is 0.0403. The third-order valence-corrected chi connectivity index (χ3v) is 9.19. The van der Waals surface area contributed by atoms with Crippen molar-refractivity contribution < 1.29 is 61.1 Å². The van der Waals surface area contributed by atoms with E-state index in [0.717, 1.165) is 44.1 Å². The van der Waals surface area contributed by atoms with Crippen LogP contribution >= 0.6 is 11.3 Å². The van der Waals surface area contributed by atoms with Crippen LogP contribution in [0.4, 0.5) is 26.3 Å². The van der Waals surface area contributed by atoms with Crippen LogP contribution in [0.2, 0.25) is 0 Å². The Hall–Kier alpha value is -5.21. The summed E-state index contributed by atoms with van der Waals surface area (Å²) in [5, 5.41) is 41.9. The smallest absolute Gasteiger partial charge is 0.490 e. The second-order valence-electron chi connectivity index (χ2n) is 12.6. The molecule has 7 N–H and O–H groups in total. The van der Waals surface area contributed by atoms with Crippen LogP contribution < -0.4 is 15.5 Å². The van der Waals surface area contributed by atoms with Crippen molar-refractivity contribution in [2.75, 3.05) is 32.8 Å². The maximum Gasteiger partial charge on any atom is 0.490 e. The Morgan fingerprint density at radius 3 is 1.78 bits per heavy atom. The molecule has 0 spiro atoms. The van der Waals surface area contributed by atoms with Crippen LogP contribution in [0.3, 0.4) is 0 Å². The molecule has 3 radical (unpaired) electrons. The number of aliphatic hydroxyl groups excluding tert-OH is 1. The first-order chi connectivity index (χ1) is 27.5. The molecule has 1 fully saturated rings. The van der Waals surface area contributed by atoms with Crippen molar-refractivity contribution in [3.63, 3.8) is 0 Å². The number of rotatable bonds is 12. The first kappa shape index (κ1) is 49.9. The highest BCUT2D eigenvalue weighted by molar-refractivity contribution is 7.16. The number of aromatic hydroxyl groups is 1. The molecule has 5 aromatic rings. The van der Waals surface area contributed by atoms with Crippen LogP contribution in [0.5, 0.6) is 5.75 Å². The van der Waals surface area contributed by atoms with Gasteiger partial charge < -0.3 is 40.8 Å². The number of aromatic nitrogens is 1. The largest absolute Gasteiger partial charge is 0.506 e. The molecular formula is C40H43BF6N3O8S. The molecule has 4 aromatic carbocycles. The molecule has 1 atom stereocenters. The number of aliphatic hydroxyl groups is 1. The SMILES string of the molecule is C1CCOC1.O=C(O)C(F)(F)F.O=C(O)C(F)(F)F.O=c1[nH]c2c(O)ccc([C@@H](O)CNCCc3cccc(CNCC(c4ccccc4)c4ccccc4)c3)c2s1.[B]. The molecule has 6 rings (SSSR count). The van der Waals surface area contributed by atoms with Crippen LogP contribution in [-0.4, -0.2) is 91.0 Å². The van der Waals surface area contributed by atoms with E-state index in [9.17, 15) is 41.4 Å². The summed E-state index contributed by atoms with van der Waals surface area (Å²) < 4.78 is 69.0. The Morgan fingerprint density at radius 2 is 1.29 bits per heavy atom. The van der Waals surface area contributed by atoms with Crippen molar-refractivity contribution in [2.24, 2.45) is 0 Å². The number of H-pyrrole nitrogens is 1. The third kappa shape index (κ3) is 17.7. The van der Waals surface area contributed by atoms with E-state index >= 15 is 0 Å². The average Bonchev–Trinajstić information content (AvgIpc) is 3.90. The van der Waals surface area contributed by atoms with E-state index in [-0.39, 0.29) is 25.0 Å². The number of halogens is 6. The number of aromatic amines is 1. The van der Waals surface area contributed by atoms with E-state index in [1.54, 1.807) is 6.07 Å². The highest BCUT2D eigenvalue weighted by Crippen LogP contribution is 2.31. The lowest BCUT2D eigenvalue weighted by Gasteiger charge is -2.19. The Labute approximate surface area is 341 Å². The molecule has 0 bridgehead atoms. The van der Waals surface area contributed by atoms with Crippen LogP contribution in [0, 0.1) is 0 Å². The summed E-state index contributed by atoms with van der Waals surface area (Å²) in [6.07, 6.45) is -7.56. The first-order valence-electron chi connectivity index (χ1n) is 17.8. The molecule has 1 aromatic heterocycles. The lowest BCUT2D eigenvalue weighted by Crippen LogP contribution is -2.24. The van der Waals surface area contributed by atoms with E-state index < -0.39 is 30.4 Å². The van der Waals surface area contributed by atoms with Gasteiger partial charge in [-0.3, -0.25) is 4.79 Å². The normalized spacial score (nSPS) is 12.8. The average molecular weight is 851 g/mol. The standard InChI is InChI=1S/C32H33N3O3S.C4H8O.2C2HF3O2.B/c36-28-15-14-26(31-30(28)35-32(38)39-31)29(37)21-33-17-16-22-8-7-9-23(18-22)19-34-20-27(24-10-3-1-4-11-24)25-12-5-2-6-13-25;1-2-4-5-3-1;2*3-2(4,5)1(6)7;/h1-15,18,27,29,33-34,36-37H,16-17,19-21H2,(H,35,38);1-4H2;2*(H,6,7);/t29-;;;;/m0..../s1. The van der Waals surface area contributed by atoms with Crippen LogP contribution in [0.1, 0.15) is 52.7 Å². The van der Waals surface area contributed by atoms with Gasteiger partial charge in [0.25, 0.3) is 0 Å². The predicted octanol–water partition coefficient (Wildman–Crippen LogP) is 6.77. The monoisotopic (exact) mass is 850 g/mol. The molecule has 59 heavy (non-hydrogen) atoms. The van der Waals surface area contributed by atoms with Gasteiger partial charge in [0.2, 0.25) is 0 Å². The summed E-state index contributed by atoms with van der Waals surface area (Å²) in [7, 11) is 0. The number of aliphatic carboxylic acids is 2. The van der Waals surface area contributed by atoms with Gasteiger partial charge in [-0.2, -0.15) is 26.3 Å². The zero-order valence-electron chi connectivity index (χ0n) is 31.4. The number of carbonyl (C=O) groups is 2. The highest BCUT2D eigenvalue weighted by Gasteiger charge is 2.38. The number of phenols is 1. The Kier molecular flexibility index (Phi) is 20.9. The second-order valence-corrected chi connectivity index (χ2v) is 13.6. The topological polar surface area (TPSA) is 181 Å². The van der Waals surface area contributed by atoms with E-state index in [4.69, 9.17) is 24.5 Å². The number of alkyl halides is 6. The summed E-state index contributed by atoms with van der Waals surface area (Å²) in [5.74, 6) is -5.22. The summed E-state index contributed by atoms with van der Waals surface area (Å²) in [6.45, 7) is 4.70. The predicted molar refractivity (Wildman–Crippen MR) is 212 cm³/mol. The van der Waals surface area contributed by atoms with Crippen molar-refractivity contribution >= 4 is 41.9 Å². The van der Waals surface area contributed by atoms with Crippen molar-refractivity contribution in [1.29, 1.82) is 0 Å². The van der Waals surface area contributed by atoms with Gasteiger partial charge in [0.05, 0.1) is 10.8 Å². The third-order valence-electron chi connectivity index (χ3n) is 8.26. The number of benzene rings is 4. The lowest BCUT2D eigenvalue weighted by molar-refractivity contribution is -0.193. The molecule has 0 aliphatic carbocycles. The van der Waals surface area contributed by atoms with E-state index in [1.807, 2.05) is 0 Å². The molecule has 1 aliphatic rings. The fraction of sp³-hybridized carbons (Fsp3) is 0.325. The molecular weight excluding hydrogens is 807 g/mol. The summed E-state index contributed by atoms with van der Waals surface area (Å²) in [6, 6.07) is 33.0. The van der Waals surface area contributed by atoms with E-state index in [1.165, 1.54) is 41.2 Å². The molecule has 19 heteroatoms. The zero-order chi connectivity index (χ0) is 42.7. The van der Waals surface area contributed by atoms with Crippen molar-refractivity contribution in [1.82, 2.24) is 15.6 Å². The Morgan fingerprint density at radius 1 is 0.763 bits per heavy atom. The summed E-state index contributed by atoms with van der Waals surface area (Å²) >= 11 is 1.000. The minimum atomic E-state index is -5.08. The molecule has 1 saturated heterocycles. The number of fused-ring (bicyclic) bond motifs is 1. The number of phenolic OH excluding ortho intramolecular Hbond substituents is 1. The zero-order valence-corrected chi connectivity index (χ0v) is 32.2. The van der Waals surface area contributed by atoms with E-state index in [0.29, 0.717) is 28.9 Å². The number of thiazole rings is 1. The minimum Gasteiger partial charge on any atom is -0.506 e. The molecule has 0 amide bonds. The Bertz CT molecular complexity index is 1990. The van der Waals surface area contributed by atoms with Crippen LogP contribution in [-0.2, 0) is 27.3 Å². The van der Waals surface area contributed by atoms with Crippen LogP contribution in [0.15, 0.2) is 102 Å². The fourth-order valence-corrected chi connectivity index (χ4v) is 6.37. The van der Waals surface area contributed by atoms with Gasteiger partial charge >= 0.3 is 29.2 Å². The molecule has 11 nitrogen and oxygen atoms in total. The highest BCUT2D eigenvalue weighted by atomic mass is 32.1. The fourth-order valence-electron chi connectivity index (χ4n) is 5.45. The van der Waals surface area contributed by atoms with E-state index in [2.05, 4.69) is 101 Å². The summed E-state index contributed by atoms with van der Waals surface area (Å²) in [5.41, 5.74) is 6.09. The molecule has 0 saturated carbocycles. The molecule has 317 valence electrons. The number of ether oxygens (including phenoxy) is 1. The van der Waals surface area contributed by atoms with Gasteiger partial charge in [0.1, 0.15) is 11.3 Å².